The van der Waals surface area contributed by atoms with Crippen LogP contribution in [-0.4, -0.2) is 36.7 Å². The van der Waals surface area contributed by atoms with Crippen LogP contribution in [-0.2, 0) is 19.1 Å². The van der Waals surface area contributed by atoms with Crippen LogP contribution in [0.25, 0.3) is 0 Å². The Kier molecular flexibility index (Phi) is 9.26. The highest BCUT2D eigenvalue weighted by Crippen LogP contribution is 2.15. The molecule has 0 bridgehead atoms. The molecular formula is C16H31NO4. The lowest BCUT2D eigenvalue weighted by Crippen LogP contribution is -2.47. The first-order chi connectivity index (χ1) is 9.71. The topological polar surface area (TPSA) is 64.6 Å². The maximum absolute atomic E-state index is 12.2. The highest BCUT2D eigenvalue weighted by molar-refractivity contribution is 5.84. The maximum Gasteiger partial charge on any atom is 0.329 e. The van der Waals surface area contributed by atoms with E-state index in [-0.39, 0.29) is 17.8 Å². The number of rotatable bonds is 9. The van der Waals surface area contributed by atoms with Crippen molar-refractivity contribution in [1.29, 1.82) is 0 Å². The Hall–Kier alpha value is -1.10. The highest BCUT2D eigenvalue weighted by Gasteiger charge is 2.30. The van der Waals surface area contributed by atoms with Gasteiger partial charge in [0.25, 0.3) is 0 Å². The molecule has 0 fully saturated rings. The summed E-state index contributed by atoms with van der Waals surface area (Å²) in [5, 5.41) is 2.80. The van der Waals surface area contributed by atoms with Crippen LogP contribution in [0.4, 0.5) is 0 Å². The minimum absolute atomic E-state index is 0.0377. The molecule has 5 nitrogen and oxygen atoms in total. The van der Waals surface area contributed by atoms with Gasteiger partial charge in [0.05, 0.1) is 0 Å². The molecule has 2 atom stereocenters. The Bertz CT molecular complexity index is 323. The predicted molar refractivity (Wildman–Crippen MR) is 83.0 cm³/mol. The Morgan fingerprint density at radius 1 is 1.19 bits per heavy atom. The van der Waals surface area contributed by atoms with Crippen molar-refractivity contribution >= 4 is 11.9 Å². The molecule has 5 heteroatoms. The number of hydrogen-bond donors (Lipinski definition) is 1. The first-order valence-corrected chi connectivity index (χ1v) is 7.81. The zero-order valence-corrected chi connectivity index (χ0v) is 14.3. The van der Waals surface area contributed by atoms with Gasteiger partial charge in [-0.25, -0.2) is 4.79 Å². The molecule has 0 spiro atoms. The molecule has 1 amide bonds. The third-order valence-electron chi connectivity index (χ3n) is 3.09. The van der Waals surface area contributed by atoms with Gasteiger partial charge in [0.1, 0.15) is 11.6 Å². The number of ether oxygens (including phenoxy) is 2. The molecule has 124 valence electrons. The summed E-state index contributed by atoms with van der Waals surface area (Å²) in [5.41, 5.74) is -0.553. The van der Waals surface area contributed by atoms with E-state index in [0.717, 1.165) is 6.42 Å². The Balaban J connectivity index is 4.49. The molecule has 0 radical (unpaired) electrons. The Labute approximate surface area is 128 Å². The van der Waals surface area contributed by atoms with E-state index in [1.165, 1.54) is 0 Å². The van der Waals surface area contributed by atoms with Crippen molar-refractivity contribution in [3.8, 4) is 0 Å². The van der Waals surface area contributed by atoms with Crippen molar-refractivity contribution in [2.24, 2.45) is 5.92 Å². The lowest BCUT2D eigenvalue weighted by atomic mass is 9.98. The molecular weight excluding hydrogens is 270 g/mol. The summed E-state index contributed by atoms with van der Waals surface area (Å²) < 4.78 is 10.6. The van der Waals surface area contributed by atoms with Crippen LogP contribution in [0.5, 0.6) is 0 Å². The predicted octanol–water partition coefficient (Wildman–Crippen LogP) is 2.68. The fourth-order valence-corrected chi connectivity index (χ4v) is 1.76. The largest absolute Gasteiger partial charge is 0.458 e. The molecule has 0 unspecified atom stereocenters. The monoisotopic (exact) mass is 301 g/mol. The fraction of sp³-hybridized carbons (Fsp3) is 0.875. The number of nitrogens with one attached hydrogen (secondary N) is 1. The Morgan fingerprint density at radius 3 is 2.29 bits per heavy atom. The third kappa shape index (κ3) is 9.45. The van der Waals surface area contributed by atoms with Gasteiger partial charge in [-0.3, -0.25) is 4.79 Å². The Morgan fingerprint density at radius 2 is 1.81 bits per heavy atom. The van der Waals surface area contributed by atoms with E-state index in [2.05, 4.69) is 5.32 Å². The van der Waals surface area contributed by atoms with E-state index < -0.39 is 11.6 Å². The molecule has 0 saturated heterocycles. The van der Waals surface area contributed by atoms with Crippen LogP contribution >= 0.6 is 0 Å². The molecule has 0 aromatic rings. The van der Waals surface area contributed by atoms with Crippen molar-refractivity contribution in [3.63, 3.8) is 0 Å². The number of carbonyl (C=O) groups excluding carboxylic acids is 2. The molecule has 0 aliphatic heterocycles. The summed E-state index contributed by atoms with van der Waals surface area (Å²) in [5.74, 6) is -0.462. The number of esters is 1. The molecule has 0 saturated carbocycles. The second-order valence-corrected chi connectivity index (χ2v) is 6.26. The second kappa shape index (κ2) is 9.77. The van der Waals surface area contributed by atoms with Crippen LogP contribution in [0.15, 0.2) is 0 Å². The number of hydrogen-bond acceptors (Lipinski definition) is 4. The van der Waals surface area contributed by atoms with Gasteiger partial charge >= 0.3 is 5.97 Å². The van der Waals surface area contributed by atoms with Gasteiger partial charge in [-0.2, -0.15) is 0 Å². The van der Waals surface area contributed by atoms with Crippen LogP contribution < -0.4 is 5.32 Å². The van der Waals surface area contributed by atoms with Crippen molar-refractivity contribution in [2.45, 2.75) is 72.4 Å². The lowest BCUT2D eigenvalue weighted by Gasteiger charge is -2.27. The molecule has 21 heavy (non-hydrogen) atoms. The molecule has 0 aliphatic carbocycles. The first kappa shape index (κ1) is 19.9. The van der Waals surface area contributed by atoms with Gasteiger partial charge in [-0.15, -0.1) is 0 Å². The van der Waals surface area contributed by atoms with E-state index in [0.29, 0.717) is 26.1 Å². The minimum atomic E-state index is -0.589. The van der Waals surface area contributed by atoms with E-state index in [1.807, 2.05) is 41.5 Å². The van der Waals surface area contributed by atoms with Gasteiger partial charge in [-0.05, 0) is 40.0 Å². The van der Waals surface area contributed by atoms with Crippen molar-refractivity contribution in [2.75, 3.05) is 13.2 Å². The van der Waals surface area contributed by atoms with Crippen LogP contribution in [0.3, 0.4) is 0 Å². The summed E-state index contributed by atoms with van der Waals surface area (Å²) in [6.45, 7) is 12.5. The number of amides is 1. The summed E-state index contributed by atoms with van der Waals surface area (Å²) in [7, 11) is 0. The standard InChI is InChI=1S/C16H31NO4/c1-7-12(3)14(15(19)21-16(4,5)6)17-13(18)10-9-11-20-8-2/h12,14H,7-11H2,1-6H3,(H,17,18)/t12-,14-/m0/s1. The lowest BCUT2D eigenvalue weighted by molar-refractivity contribution is -0.160. The van der Waals surface area contributed by atoms with Crippen LogP contribution in [0.2, 0.25) is 0 Å². The highest BCUT2D eigenvalue weighted by atomic mass is 16.6. The third-order valence-corrected chi connectivity index (χ3v) is 3.09. The van der Waals surface area contributed by atoms with Crippen molar-refractivity contribution < 1.29 is 19.1 Å². The maximum atomic E-state index is 12.2. The first-order valence-electron chi connectivity index (χ1n) is 7.81. The van der Waals surface area contributed by atoms with Gasteiger partial charge in [0.2, 0.25) is 5.91 Å². The van der Waals surface area contributed by atoms with Crippen molar-refractivity contribution in [1.82, 2.24) is 5.32 Å². The van der Waals surface area contributed by atoms with Crippen LogP contribution in [0.1, 0.15) is 60.8 Å². The molecule has 0 heterocycles. The van der Waals surface area contributed by atoms with E-state index in [4.69, 9.17) is 9.47 Å². The van der Waals surface area contributed by atoms with Crippen molar-refractivity contribution in [3.05, 3.63) is 0 Å². The van der Waals surface area contributed by atoms with Gasteiger partial charge in [0, 0.05) is 19.6 Å². The number of carbonyl (C=O) groups is 2. The average Bonchev–Trinajstić information content (AvgIpc) is 2.38. The minimum Gasteiger partial charge on any atom is -0.458 e. The smallest absolute Gasteiger partial charge is 0.329 e. The van der Waals surface area contributed by atoms with Gasteiger partial charge in [0.15, 0.2) is 0 Å². The summed E-state index contributed by atoms with van der Waals surface area (Å²) in [4.78, 5) is 24.1. The van der Waals surface area contributed by atoms with E-state index in [1.54, 1.807) is 0 Å². The fourth-order valence-electron chi connectivity index (χ4n) is 1.76. The summed E-state index contributed by atoms with van der Waals surface area (Å²) >= 11 is 0. The van der Waals surface area contributed by atoms with E-state index >= 15 is 0 Å². The zero-order valence-electron chi connectivity index (χ0n) is 14.3. The van der Waals surface area contributed by atoms with E-state index in [9.17, 15) is 9.59 Å². The van der Waals surface area contributed by atoms with Gasteiger partial charge < -0.3 is 14.8 Å². The normalized spacial score (nSPS) is 14.4. The molecule has 1 N–H and O–H groups in total. The summed E-state index contributed by atoms with van der Waals surface area (Å²) in [6.07, 6.45) is 1.81. The molecule has 0 aliphatic rings. The second-order valence-electron chi connectivity index (χ2n) is 6.26. The van der Waals surface area contributed by atoms with Gasteiger partial charge in [-0.1, -0.05) is 20.3 Å². The zero-order chi connectivity index (χ0) is 16.5. The molecule has 0 aromatic carbocycles. The molecule has 0 rings (SSSR count). The quantitative estimate of drug-likeness (QED) is 0.525. The van der Waals surface area contributed by atoms with Crippen LogP contribution in [0, 0.1) is 5.92 Å². The molecule has 0 aromatic heterocycles. The summed E-state index contributed by atoms with van der Waals surface area (Å²) in [6, 6.07) is -0.589. The SMILES string of the molecule is CCOCCCC(=O)N[C@H](C(=O)OC(C)(C)C)[C@@H](C)CC. The average molecular weight is 301 g/mol.